The summed E-state index contributed by atoms with van der Waals surface area (Å²) < 4.78 is 0. The molecule has 1 aromatic rings. The van der Waals surface area contributed by atoms with Gasteiger partial charge in [0.1, 0.15) is 5.01 Å². The number of hydrogen-bond donors (Lipinski definition) is 1. The molecule has 0 aliphatic rings. The zero-order valence-electron chi connectivity index (χ0n) is 10.5. The molecule has 0 spiro atoms. The van der Waals surface area contributed by atoms with E-state index in [0.29, 0.717) is 16.8 Å². The first-order valence-electron chi connectivity index (χ1n) is 5.79. The van der Waals surface area contributed by atoms with E-state index in [1.54, 1.807) is 0 Å². The average Bonchev–Trinajstić information content (AvgIpc) is 2.79. The van der Waals surface area contributed by atoms with Crippen LogP contribution in [0.5, 0.6) is 0 Å². The maximum absolute atomic E-state index is 11.5. The summed E-state index contributed by atoms with van der Waals surface area (Å²) >= 11 is 2.72. The number of hydrogen-bond acceptors (Lipinski definition) is 6. The number of nitriles is 1. The van der Waals surface area contributed by atoms with E-state index < -0.39 is 0 Å². The lowest BCUT2D eigenvalue weighted by Crippen LogP contribution is -2.14. The highest BCUT2D eigenvalue weighted by Crippen LogP contribution is 2.27. The molecule has 5 nitrogen and oxygen atoms in total. The van der Waals surface area contributed by atoms with E-state index in [9.17, 15) is 4.79 Å². The molecule has 0 aliphatic heterocycles. The minimum absolute atomic E-state index is 0.137. The van der Waals surface area contributed by atoms with Gasteiger partial charge in [0.05, 0.1) is 17.6 Å². The lowest BCUT2D eigenvalue weighted by atomic mass is 10.1. The summed E-state index contributed by atoms with van der Waals surface area (Å²) in [4.78, 5) is 11.5. The van der Waals surface area contributed by atoms with E-state index in [-0.39, 0.29) is 11.7 Å². The first-order chi connectivity index (χ1) is 8.71. The third-order valence-electron chi connectivity index (χ3n) is 2.42. The van der Waals surface area contributed by atoms with Crippen LogP contribution in [0, 0.1) is 11.3 Å². The molecule has 0 aromatic carbocycles. The van der Waals surface area contributed by atoms with Crippen LogP contribution in [0.25, 0.3) is 0 Å². The topological polar surface area (TPSA) is 78.7 Å². The molecule has 1 heterocycles. The van der Waals surface area contributed by atoms with Crippen molar-refractivity contribution >= 4 is 34.1 Å². The van der Waals surface area contributed by atoms with E-state index in [2.05, 4.69) is 29.4 Å². The Labute approximate surface area is 115 Å². The van der Waals surface area contributed by atoms with Crippen molar-refractivity contribution in [1.82, 2.24) is 10.2 Å². The van der Waals surface area contributed by atoms with E-state index in [1.165, 1.54) is 23.1 Å². The molecule has 0 unspecified atom stereocenters. The van der Waals surface area contributed by atoms with Gasteiger partial charge in [0.15, 0.2) is 0 Å². The Balaban J connectivity index is 2.48. The van der Waals surface area contributed by atoms with Crippen LogP contribution in [0.15, 0.2) is 0 Å². The third kappa shape index (κ3) is 4.63. The second-order valence-corrected chi connectivity index (χ2v) is 5.65. The summed E-state index contributed by atoms with van der Waals surface area (Å²) in [7, 11) is 0. The van der Waals surface area contributed by atoms with Gasteiger partial charge in [0.25, 0.3) is 0 Å². The predicted octanol–water partition coefficient (Wildman–Crippen LogP) is 2.64. The van der Waals surface area contributed by atoms with Crippen LogP contribution in [0.1, 0.15) is 37.6 Å². The van der Waals surface area contributed by atoms with Gasteiger partial charge in [-0.3, -0.25) is 10.1 Å². The summed E-state index contributed by atoms with van der Waals surface area (Å²) in [5, 5.41) is 20.6. The first kappa shape index (κ1) is 14.9. The molecule has 98 valence electrons. The van der Waals surface area contributed by atoms with Crippen molar-refractivity contribution < 1.29 is 4.79 Å². The van der Waals surface area contributed by atoms with Crippen LogP contribution in [-0.2, 0) is 4.79 Å². The molecule has 0 bridgehead atoms. The number of carbonyl (C=O) groups is 1. The van der Waals surface area contributed by atoms with Crippen molar-refractivity contribution in [2.24, 2.45) is 0 Å². The second kappa shape index (κ2) is 8.06. The molecule has 1 N–H and O–H groups in total. The minimum Gasteiger partial charge on any atom is -0.300 e. The molecule has 1 amide bonds. The Morgan fingerprint density at radius 2 is 2.22 bits per heavy atom. The number of thioether (sulfide) groups is 1. The van der Waals surface area contributed by atoms with Crippen LogP contribution in [0.3, 0.4) is 0 Å². The Morgan fingerprint density at radius 3 is 2.83 bits per heavy atom. The second-order valence-electron chi connectivity index (χ2n) is 3.66. The van der Waals surface area contributed by atoms with Crippen molar-refractivity contribution in [1.29, 1.82) is 5.26 Å². The summed E-state index contributed by atoms with van der Waals surface area (Å²) in [5.41, 5.74) is 0. The van der Waals surface area contributed by atoms with Gasteiger partial charge in [0, 0.05) is 5.92 Å². The van der Waals surface area contributed by atoms with Crippen molar-refractivity contribution in [3.63, 3.8) is 0 Å². The van der Waals surface area contributed by atoms with Crippen LogP contribution < -0.4 is 5.32 Å². The molecule has 18 heavy (non-hydrogen) atoms. The highest BCUT2D eigenvalue weighted by molar-refractivity contribution is 8.00. The standard InChI is InChI=1S/C11H16N4OS2/c1-3-8(4-2)10-14-15-11(18-10)13-9(16)7-17-6-5-12/h8H,3-4,6-7H2,1-2H3,(H,13,15,16). The fourth-order valence-electron chi connectivity index (χ4n) is 1.43. The van der Waals surface area contributed by atoms with Crippen LogP contribution >= 0.6 is 23.1 Å². The number of aromatic nitrogens is 2. The van der Waals surface area contributed by atoms with Crippen molar-refractivity contribution in [3.8, 4) is 6.07 Å². The van der Waals surface area contributed by atoms with Gasteiger partial charge in [-0.05, 0) is 12.8 Å². The van der Waals surface area contributed by atoms with E-state index in [1.807, 2.05) is 6.07 Å². The smallest absolute Gasteiger partial charge is 0.236 e. The molecule has 0 aliphatic carbocycles. The van der Waals surface area contributed by atoms with Crippen LogP contribution in [-0.4, -0.2) is 27.6 Å². The lowest BCUT2D eigenvalue weighted by molar-refractivity contribution is -0.113. The molecule has 0 saturated heterocycles. The summed E-state index contributed by atoms with van der Waals surface area (Å²) in [6.45, 7) is 4.23. The number of nitrogens with zero attached hydrogens (tertiary/aromatic N) is 3. The van der Waals surface area contributed by atoms with Gasteiger partial charge < -0.3 is 0 Å². The third-order valence-corrected chi connectivity index (χ3v) is 4.22. The van der Waals surface area contributed by atoms with E-state index in [4.69, 9.17) is 5.26 Å². The highest BCUT2D eigenvalue weighted by atomic mass is 32.2. The quantitative estimate of drug-likeness (QED) is 0.779. The fourth-order valence-corrected chi connectivity index (χ4v) is 2.91. The molecule has 7 heteroatoms. The minimum atomic E-state index is -0.137. The molecule has 0 saturated carbocycles. The van der Waals surface area contributed by atoms with Crippen molar-refractivity contribution in [2.75, 3.05) is 16.8 Å². The summed E-state index contributed by atoms with van der Waals surface area (Å²) in [5.74, 6) is 0.874. The molecular formula is C11H16N4OS2. The van der Waals surface area contributed by atoms with Gasteiger partial charge in [-0.15, -0.1) is 22.0 Å². The zero-order valence-corrected chi connectivity index (χ0v) is 12.1. The van der Waals surface area contributed by atoms with Gasteiger partial charge in [-0.2, -0.15) is 5.26 Å². The molecule has 1 rings (SSSR count). The van der Waals surface area contributed by atoms with E-state index in [0.717, 1.165) is 17.8 Å². The maximum atomic E-state index is 11.5. The van der Waals surface area contributed by atoms with Crippen LogP contribution in [0.2, 0.25) is 0 Å². The molecule has 0 atom stereocenters. The predicted molar refractivity (Wildman–Crippen MR) is 74.8 cm³/mol. The van der Waals surface area contributed by atoms with Crippen LogP contribution in [0.4, 0.5) is 5.13 Å². The fraction of sp³-hybridized carbons (Fsp3) is 0.636. The monoisotopic (exact) mass is 284 g/mol. The highest BCUT2D eigenvalue weighted by Gasteiger charge is 2.14. The zero-order chi connectivity index (χ0) is 13.4. The molecule has 0 radical (unpaired) electrons. The molecule has 0 fully saturated rings. The van der Waals surface area contributed by atoms with Gasteiger partial charge >= 0.3 is 0 Å². The Morgan fingerprint density at radius 1 is 1.50 bits per heavy atom. The molecule has 1 aromatic heterocycles. The first-order valence-corrected chi connectivity index (χ1v) is 7.76. The number of anilines is 1. The lowest BCUT2D eigenvalue weighted by Gasteiger charge is -2.05. The van der Waals surface area contributed by atoms with E-state index >= 15 is 0 Å². The number of rotatable bonds is 7. The summed E-state index contributed by atoms with van der Waals surface area (Å²) in [6.07, 6.45) is 2.05. The molecular weight excluding hydrogens is 268 g/mol. The number of nitrogens with one attached hydrogen (secondary N) is 1. The maximum Gasteiger partial charge on any atom is 0.236 e. The van der Waals surface area contributed by atoms with Gasteiger partial charge in [-0.25, -0.2) is 0 Å². The Kier molecular flexibility index (Phi) is 6.68. The van der Waals surface area contributed by atoms with Crippen molar-refractivity contribution in [2.45, 2.75) is 32.6 Å². The SMILES string of the molecule is CCC(CC)c1nnc(NC(=O)CSCC#N)s1. The number of amides is 1. The largest absolute Gasteiger partial charge is 0.300 e. The van der Waals surface area contributed by atoms with Gasteiger partial charge in [0.2, 0.25) is 11.0 Å². The Bertz CT molecular complexity index is 423. The van der Waals surface area contributed by atoms with Crippen molar-refractivity contribution in [3.05, 3.63) is 5.01 Å². The average molecular weight is 284 g/mol. The summed E-state index contributed by atoms with van der Waals surface area (Å²) in [6, 6.07) is 1.98. The number of carbonyl (C=O) groups excluding carboxylic acids is 1. The Hall–Kier alpha value is -1.13. The van der Waals surface area contributed by atoms with Gasteiger partial charge in [-0.1, -0.05) is 25.2 Å². The normalized spacial score (nSPS) is 10.3.